The van der Waals surface area contributed by atoms with Gasteiger partial charge in [-0.25, -0.2) is 8.42 Å². The zero-order chi connectivity index (χ0) is 26.5. The van der Waals surface area contributed by atoms with Gasteiger partial charge in [0.15, 0.2) is 0 Å². The highest BCUT2D eigenvalue weighted by atomic mass is 32.3. The minimum Gasteiger partial charge on any atom is -0.716 e. The molecule has 0 aromatic heterocycles. The van der Waals surface area contributed by atoms with Crippen molar-refractivity contribution < 1.29 is 31.8 Å². The van der Waals surface area contributed by atoms with Crippen LogP contribution in [0, 0.1) is 34.0 Å². The average Bonchev–Trinajstić information content (AvgIpc) is 3.08. The predicted octanol–water partition coefficient (Wildman–Crippen LogP) is 4.64. The third-order valence-electron chi connectivity index (χ3n) is 10.3. The third kappa shape index (κ3) is 4.97. The van der Waals surface area contributed by atoms with Crippen molar-refractivity contribution in [3.63, 3.8) is 0 Å². The highest BCUT2D eigenvalue weighted by Gasteiger charge is 2.61. The first-order chi connectivity index (χ1) is 16.7. The number of carboxylic acid groups (broad SMARTS) is 1. The summed E-state index contributed by atoms with van der Waals surface area (Å²) in [6.45, 7) is 9.54. The molecule has 4 rings (SSSR count). The van der Waals surface area contributed by atoms with Crippen molar-refractivity contribution in [1.82, 2.24) is 4.90 Å². The largest absolute Gasteiger partial charge is 0.716 e. The molecule has 0 saturated heterocycles. The molecule has 0 radical (unpaired) electrons. The van der Waals surface area contributed by atoms with Gasteiger partial charge in [0.1, 0.15) is 12.8 Å². The number of hydrogen-bond acceptors (Lipinski definition) is 6. The second kappa shape index (κ2) is 9.46. The molecule has 8 nitrogen and oxygen atoms in total. The van der Waals surface area contributed by atoms with E-state index in [1.165, 1.54) is 24.2 Å². The maximum atomic E-state index is 12.8. The fraction of sp³-hybridized carbons (Fsp3) is 0.778. The Morgan fingerprint density at radius 2 is 1.89 bits per heavy atom. The van der Waals surface area contributed by atoms with E-state index in [1.54, 1.807) is 6.08 Å². The molecule has 36 heavy (non-hydrogen) atoms. The first-order valence-electron chi connectivity index (χ1n) is 13.2. The van der Waals surface area contributed by atoms with Gasteiger partial charge in [-0.05, 0) is 90.9 Å². The summed E-state index contributed by atoms with van der Waals surface area (Å²) in [4.78, 5) is 25.2. The van der Waals surface area contributed by atoms with Crippen LogP contribution in [-0.4, -0.2) is 47.9 Å². The number of carbonyl (C=O) groups excluding carboxylic acids is 1. The first-order valence-corrected chi connectivity index (χ1v) is 14.5. The predicted molar refractivity (Wildman–Crippen MR) is 133 cm³/mol. The maximum Gasteiger partial charge on any atom is 0.323 e. The second-order valence-corrected chi connectivity index (χ2v) is 13.6. The van der Waals surface area contributed by atoms with Crippen molar-refractivity contribution in [2.24, 2.45) is 34.0 Å². The molecule has 1 N–H and O–H groups in total. The van der Waals surface area contributed by atoms with Gasteiger partial charge in [0.25, 0.3) is 10.4 Å². The van der Waals surface area contributed by atoms with Crippen LogP contribution in [0.4, 0.5) is 0 Å². The van der Waals surface area contributed by atoms with Crippen LogP contribution in [0.15, 0.2) is 23.5 Å². The van der Waals surface area contributed by atoms with Crippen LogP contribution in [-0.2, 0) is 24.2 Å². The summed E-state index contributed by atoms with van der Waals surface area (Å²) >= 11 is 0. The number of allylic oxidation sites excluding steroid dienone is 1. The van der Waals surface area contributed by atoms with Gasteiger partial charge in [-0.15, -0.1) is 0 Å². The molecule has 0 unspecified atom stereocenters. The molecule has 1 amide bonds. The summed E-state index contributed by atoms with van der Waals surface area (Å²) in [7, 11) is -4.85. The van der Waals surface area contributed by atoms with E-state index in [-0.39, 0.29) is 34.6 Å². The number of carbonyl (C=O) groups is 2. The van der Waals surface area contributed by atoms with E-state index in [1.807, 2.05) is 0 Å². The molecule has 202 valence electrons. The zero-order valence-electron chi connectivity index (χ0n) is 21.9. The van der Waals surface area contributed by atoms with E-state index in [0.717, 1.165) is 31.1 Å². The lowest BCUT2D eigenvalue weighted by molar-refractivity contribution is -0.154. The maximum absolute atomic E-state index is 12.8. The molecule has 5 atom stereocenters. The Balaban J connectivity index is 1.62. The van der Waals surface area contributed by atoms with Crippen LogP contribution >= 0.6 is 0 Å². The number of carboxylic acids is 1. The summed E-state index contributed by atoms with van der Waals surface area (Å²) < 4.78 is 38.4. The van der Waals surface area contributed by atoms with E-state index >= 15 is 0 Å². The Kier molecular flexibility index (Phi) is 7.14. The molecule has 4 aliphatic rings. The van der Waals surface area contributed by atoms with E-state index in [0.29, 0.717) is 43.2 Å². The van der Waals surface area contributed by atoms with Gasteiger partial charge in [0, 0.05) is 12.1 Å². The Hall–Kier alpha value is -1.87. The highest BCUT2D eigenvalue weighted by molar-refractivity contribution is 7.80. The number of fused-ring (bicyclic) bond motifs is 3. The lowest BCUT2D eigenvalue weighted by atomic mass is 9.39. The Bertz CT molecular complexity index is 1080. The second-order valence-electron chi connectivity index (χ2n) is 12.6. The van der Waals surface area contributed by atoms with E-state index < -0.39 is 16.4 Å². The van der Waals surface area contributed by atoms with Crippen LogP contribution in [0.3, 0.4) is 0 Å². The minimum atomic E-state index is -4.85. The van der Waals surface area contributed by atoms with Gasteiger partial charge in [0.05, 0.1) is 0 Å². The topological polar surface area (TPSA) is 124 Å². The quantitative estimate of drug-likeness (QED) is 0.293. The number of hydrogen-bond donors (Lipinski definition) is 1. The zero-order valence-corrected chi connectivity index (χ0v) is 22.7. The van der Waals surface area contributed by atoms with E-state index in [9.17, 15) is 22.6 Å². The molecule has 0 spiro atoms. The van der Waals surface area contributed by atoms with Crippen molar-refractivity contribution >= 4 is 22.3 Å². The molecular formula is C27H40NO7S-. The van der Waals surface area contributed by atoms with Crippen molar-refractivity contribution in [1.29, 1.82) is 0 Å². The summed E-state index contributed by atoms with van der Waals surface area (Å²) in [6.07, 6.45) is 11.4. The lowest BCUT2D eigenvalue weighted by Crippen LogP contribution is -2.58. The monoisotopic (exact) mass is 522 g/mol. The number of aliphatic carboxylic acids is 1. The molecule has 0 aromatic carbocycles. The first kappa shape index (κ1) is 27.2. The molecule has 3 fully saturated rings. The van der Waals surface area contributed by atoms with Crippen LogP contribution in [0.1, 0.15) is 85.5 Å². The van der Waals surface area contributed by atoms with Crippen molar-refractivity contribution in [2.75, 3.05) is 13.1 Å². The van der Waals surface area contributed by atoms with Crippen molar-refractivity contribution in [2.45, 2.75) is 85.5 Å². The summed E-state index contributed by atoms with van der Waals surface area (Å²) in [5, 5.41) is 9.08. The molecule has 1 heterocycles. The molecule has 3 aliphatic carbocycles. The van der Waals surface area contributed by atoms with Crippen molar-refractivity contribution in [3.05, 3.63) is 23.5 Å². The molecule has 0 bridgehead atoms. The molecule has 0 aromatic rings. The smallest absolute Gasteiger partial charge is 0.323 e. The van der Waals surface area contributed by atoms with Gasteiger partial charge in [-0.3, -0.25) is 9.59 Å². The Morgan fingerprint density at radius 3 is 2.56 bits per heavy atom. The lowest BCUT2D eigenvalue weighted by Gasteiger charge is -2.66. The van der Waals surface area contributed by atoms with Crippen LogP contribution < -0.4 is 0 Å². The van der Waals surface area contributed by atoms with Gasteiger partial charge in [-0.1, -0.05) is 40.2 Å². The minimum absolute atomic E-state index is 0.0250. The molecule has 1 aliphatic heterocycles. The normalized spacial score (nSPS) is 37.3. The summed E-state index contributed by atoms with van der Waals surface area (Å²) in [6, 6.07) is 0. The van der Waals surface area contributed by atoms with Crippen LogP contribution in [0.2, 0.25) is 0 Å². The number of rotatable bonds is 7. The van der Waals surface area contributed by atoms with E-state index in [2.05, 4.69) is 31.9 Å². The van der Waals surface area contributed by atoms with E-state index in [4.69, 9.17) is 5.11 Å². The highest BCUT2D eigenvalue weighted by Crippen LogP contribution is 2.69. The standard InChI is InChI=1S/C27H41NO7S/c1-25(2)12-5-13-27(4)21(25)10-14-26(3)20(19(7-9-22(26)27)17-35-36(32,33)34)8-6-18-11-15-28(24(18)31)16-23(29)30/h11,17,20-22H,5-10,12-16H2,1-4H3,(H,29,30)(H,32,33,34)/p-1/b19-17+/t20-,21-,22-,26+,27-/m0/s1. The molecule has 3 saturated carbocycles. The number of amides is 1. The van der Waals surface area contributed by atoms with Crippen LogP contribution in [0.25, 0.3) is 0 Å². The van der Waals surface area contributed by atoms with Gasteiger partial charge < -0.3 is 18.7 Å². The fourth-order valence-corrected chi connectivity index (χ4v) is 9.09. The summed E-state index contributed by atoms with van der Waals surface area (Å²) in [5.74, 6) is -0.232. The van der Waals surface area contributed by atoms with Crippen molar-refractivity contribution in [3.8, 4) is 0 Å². The molecule has 9 heteroatoms. The third-order valence-corrected chi connectivity index (χ3v) is 10.6. The van der Waals surface area contributed by atoms with Gasteiger partial charge in [-0.2, -0.15) is 0 Å². The summed E-state index contributed by atoms with van der Waals surface area (Å²) in [5.41, 5.74) is 1.80. The number of nitrogens with zero attached hydrogens (tertiary/aromatic N) is 1. The fourth-order valence-electron chi connectivity index (χ4n) is 8.85. The van der Waals surface area contributed by atoms with Gasteiger partial charge in [0.2, 0.25) is 5.91 Å². The Labute approximate surface area is 215 Å². The average molecular weight is 523 g/mol. The molecular weight excluding hydrogens is 482 g/mol. The SMILES string of the molecule is CC1(C)CCC[C@]2(C)[C@H]3CC/C(=C\OS(=O)(=O)[O-])[C@H](CCC4=CCN(CC(=O)O)C4=O)[C@@]3(C)CC[C@@H]12. The van der Waals surface area contributed by atoms with Crippen LogP contribution in [0.5, 0.6) is 0 Å². The Morgan fingerprint density at radius 1 is 1.17 bits per heavy atom. The van der Waals surface area contributed by atoms with Gasteiger partial charge >= 0.3 is 5.97 Å².